The summed E-state index contributed by atoms with van der Waals surface area (Å²) in [6.07, 6.45) is -36.3. The zero-order valence-electron chi connectivity index (χ0n) is 46.4. The molecular formula is C61H52F18N4O8. The van der Waals surface area contributed by atoms with Gasteiger partial charge in [-0.05, 0) is 87.5 Å². The Morgan fingerprint density at radius 3 is 1.11 bits per heavy atom. The molecule has 0 saturated heterocycles. The van der Waals surface area contributed by atoms with Gasteiger partial charge in [0.2, 0.25) is 0 Å². The quantitative estimate of drug-likeness (QED) is 0.0277. The monoisotopic (exact) mass is 1310 g/mol. The number of rotatable bonds is 25. The first-order chi connectivity index (χ1) is 42.7. The number of aliphatic hydroxyl groups is 3. The van der Waals surface area contributed by atoms with E-state index in [-0.39, 0.29) is 30.6 Å². The predicted molar refractivity (Wildman–Crippen MR) is 289 cm³/mol. The molecule has 0 bridgehead atoms. The number of amides is 4. The normalized spacial score (nSPS) is 14.8. The maximum Gasteiger partial charge on any atom is 0.461 e. The van der Waals surface area contributed by atoms with Crippen molar-refractivity contribution in [2.75, 3.05) is 13.2 Å². The molecule has 7 aromatic rings. The summed E-state index contributed by atoms with van der Waals surface area (Å²) in [7, 11) is 0. The molecule has 0 spiro atoms. The number of carbonyl (C=O) groups excluding carboxylic acids is 2. The molecule has 0 aromatic heterocycles. The number of halogens is 18. The van der Waals surface area contributed by atoms with Crippen molar-refractivity contribution in [3.8, 4) is 11.5 Å². The van der Waals surface area contributed by atoms with Gasteiger partial charge in [-0.3, -0.25) is 0 Å². The van der Waals surface area contributed by atoms with Gasteiger partial charge in [-0.1, -0.05) is 115 Å². The zero-order valence-corrected chi connectivity index (χ0v) is 46.4. The molecule has 0 radical (unpaired) electrons. The summed E-state index contributed by atoms with van der Waals surface area (Å²) in [6.45, 7) is -2.41. The number of hydrogen-bond donors (Lipinski definition) is 7. The standard InChI is InChI=1S/C34H29F9N2O4.C27H23F9N2O4/c35-25-13-11-23(12-14-25)32(18-21-7-3-1-4-8-21,24-15-26(36)17-27(16-24)49-34(42,43)30(37)38)45-31(47)44-28(29(46)33(39,40)41)20-48-19-22-9-5-2-6-10-22;28-18-8-6-16(7-9-18)25(13-15-4-2-1-3-5-15,38-24(41)37-21(14-39)22(40)26(32,33)34)17-10-19(29)12-20(11-17)42-27(35,36)23(30)31/h1-17,28-30,46H,18-20H2,(H2,44,45,47);1-12,21-23,39-40H,13-14H2,(H2,37,38,41)/t28-,29-,32-;21-,22-,25-/m11/s1. The third-order valence-corrected chi connectivity index (χ3v) is 13.4. The van der Waals surface area contributed by atoms with E-state index in [9.17, 15) is 99.5 Å². The SMILES string of the molecule is O=C(N[C@H](CO)[C@@H](O)C(F)(F)F)N[C@](Cc1ccccc1)(c1ccc(F)cc1)c1cc(F)cc(OC(F)(F)C(F)F)c1.O=C(N[C@H](COCc1ccccc1)[C@@H](O)C(F)(F)F)N[C@](Cc1ccccc1)(c1ccc(F)cc1)c1cc(F)cc(OC(F)(F)C(F)F)c1. The van der Waals surface area contributed by atoms with Gasteiger partial charge < -0.3 is 50.8 Å². The zero-order chi connectivity index (χ0) is 67.1. The third kappa shape index (κ3) is 19.6. The Kier molecular flexibility index (Phi) is 23.8. The Morgan fingerprint density at radius 2 is 0.769 bits per heavy atom. The van der Waals surface area contributed by atoms with Gasteiger partial charge in [-0.2, -0.15) is 61.5 Å². The fourth-order valence-electron chi connectivity index (χ4n) is 9.10. The maximum atomic E-state index is 15.0. The van der Waals surface area contributed by atoms with Crippen LogP contribution in [0.3, 0.4) is 0 Å². The van der Waals surface area contributed by atoms with E-state index in [0.717, 1.165) is 60.7 Å². The highest BCUT2D eigenvalue weighted by Gasteiger charge is 2.49. The van der Waals surface area contributed by atoms with Gasteiger partial charge in [0.1, 0.15) is 34.8 Å². The van der Waals surface area contributed by atoms with Crippen molar-refractivity contribution >= 4 is 12.1 Å². The van der Waals surface area contributed by atoms with Crippen molar-refractivity contribution in [2.24, 2.45) is 0 Å². The lowest BCUT2D eigenvalue weighted by Crippen LogP contribution is -2.58. The van der Waals surface area contributed by atoms with Crippen LogP contribution in [-0.2, 0) is 35.3 Å². The van der Waals surface area contributed by atoms with Crippen LogP contribution in [0.25, 0.3) is 0 Å². The number of benzene rings is 7. The largest absolute Gasteiger partial charge is 0.461 e. The first kappa shape index (κ1) is 71.3. The van der Waals surface area contributed by atoms with E-state index in [0.29, 0.717) is 41.0 Å². The van der Waals surface area contributed by atoms with Crippen LogP contribution in [0.4, 0.5) is 88.6 Å². The molecule has 0 heterocycles. The van der Waals surface area contributed by atoms with E-state index in [1.165, 1.54) is 12.1 Å². The highest BCUT2D eigenvalue weighted by atomic mass is 19.4. The van der Waals surface area contributed by atoms with Gasteiger partial charge in [0, 0.05) is 25.0 Å². The van der Waals surface area contributed by atoms with E-state index in [2.05, 4.69) is 20.1 Å². The van der Waals surface area contributed by atoms with Crippen molar-refractivity contribution in [2.45, 2.75) is 92.2 Å². The number of urea groups is 2. The van der Waals surface area contributed by atoms with Crippen LogP contribution in [-0.4, -0.2) is 102 Å². The van der Waals surface area contributed by atoms with Crippen molar-refractivity contribution in [3.63, 3.8) is 0 Å². The topological polar surface area (TPSA) is 171 Å². The van der Waals surface area contributed by atoms with E-state index < -0.39 is 144 Å². The summed E-state index contributed by atoms with van der Waals surface area (Å²) >= 11 is 0. The number of hydrogen-bond acceptors (Lipinski definition) is 8. The van der Waals surface area contributed by atoms with Crippen LogP contribution >= 0.6 is 0 Å². The highest BCUT2D eigenvalue weighted by molar-refractivity contribution is 5.77. The fraction of sp³-hybridized carbons (Fsp3) is 0.279. The molecular weight excluding hydrogens is 1260 g/mol. The van der Waals surface area contributed by atoms with Gasteiger partial charge in [0.25, 0.3) is 0 Å². The molecule has 91 heavy (non-hydrogen) atoms. The number of alkyl halides is 14. The molecule has 0 aliphatic rings. The van der Waals surface area contributed by atoms with E-state index in [4.69, 9.17) is 4.74 Å². The second-order valence-electron chi connectivity index (χ2n) is 20.0. The number of carbonyl (C=O) groups is 2. The molecule has 490 valence electrons. The first-order valence-corrected chi connectivity index (χ1v) is 26.5. The van der Waals surface area contributed by atoms with Crippen molar-refractivity contribution in [3.05, 3.63) is 238 Å². The van der Waals surface area contributed by atoms with Crippen molar-refractivity contribution < 1.29 is 118 Å². The molecule has 0 aliphatic heterocycles. The molecule has 7 N–H and O–H groups in total. The minimum absolute atomic E-state index is 0.0293. The van der Waals surface area contributed by atoms with Gasteiger partial charge in [0.15, 0.2) is 12.2 Å². The first-order valence-electron chi connectivity index (χ1n) is 26.5. The molecule has 30 heteroatoms. The highest BCUT2D eigenvalue weighted by Crippen LogP contribution is 2.41. The van der Waals surface area contributed by atoms with Gasteiger partial charge >= 0.3 is 49.5 Å². The summed E-state index contributed by atoms with van der Waals surface area (Å²) in [5.74, 6) is -6.29. The predicted octanol–water partition coefficient (Wildman–Crippen LogP) is 12.8. The Bertz CT molecular complexity index is 3450. The van der Waals surface area contributed by atoms with E-state index in [1.54, 1.807) is 84.2 Å². The number of aliphatic hydroxyl groups excluding tert-OH is 3. The Labute approximate surface area is 505 Å². The van der Waals surface area contributed by atoms with Gasteiger partial charge in [-0.25, -0.2) is 27.2 Å². The maximum absolute atomic E-state index is 15.0. The summed E-state index contributed by atoms with van der Waals surface area (Å²) in [5, 5.41) is 37.6. The number of ether oxygens (including phenoxy) is 3. The summed E-state index contributed by atoms with van der Waals surface area (Å²) in [4.78, 5) is 26.8. The minimum Gasteiger partial charge on any atom is -0.428 e. The third-order valence-electron chi connectivity index (χ3n) is 13.4. The van der Waals surface area contributed by atoms with Gasteiger partial charge in [0.05, 0.1) is 43.0 Å². The Hall–Kier alpha value is -8.74. The smallest absolute Gasteiger partial charge is 0.428 e. The molecule has 0 aliphatic carbocycles. The average molecular weight is 1310 g/mol. The van der Waals surface area contributed by atoms with E-state index >= 15 is 4.39 Å². The van der Waals surface area contributed by atoms with E-state index in [1.807, 2.05) is 5.32 Å². The fourth-order valence-corrected chi connectivity index (χ4v) is 9.10. The molecule has 0 saturated carbocycles. The molecule has 6 atom stereocenters. The summed E-state index contributed by atoms with van der Waals surface area (Å²) in [6, 6.07) is 28.5. The molecule has 12 nitrogen and oxygen atoms in total. The Morgan fingerprint density at radius 1 is 0.429 bits per heavy atom. The lowest BCUT2D eigenvalue weighted by molar-refractivity contribution is -0.253. The van der Waals surface area contributed by atoms with Crippen LogP contribution < -0.4 is 30.7 Å². The van der Waals surface area contributed by atoms with Crippen LogP contribution in [0.15, 0.2) is 176 Å². The average Bonchev–Trinajstić information content (AvgIpc) is 0.781. The van der Waals surface area contributed by atoms with Crippen molar-refractivity contribution in [1.29, 1.82) is 0 Å². The summed E-state index contributed by atoms with van der Waals surface area (Å²) in [5.41, 5.74) is -3.80. The van der Waals surface area contributed by atoms with Crippen LogP contribution in [0.1, 0.15) is 38.9 Å². The van der Waals surface area contributed by atoms with Crippen molar-refractivity contribution in [1.82, 2.24) is 21.3 Å². The van der Waals surface area contributed by atoms with Gasteiger partial charge in [-0.15, -0.1) is 0 Å². The Balaban J connectivity index is 0.000000293. The molecule has 0 fully saturated rings. The van der Waals surface area contributed by atoms with Crippen LogP contribution in [0.2, 0.25) is 0 Å². The minimum atomic E-state index is -5.26. The molecule has 0 unspecified atom stereocenters. The second kappa shape index (κ2) is 30.4. The number of nitrogens with one attached hydrogen (secondary N) is 4. The molecule has 7 aromatic carbocycles. The molecule has 4 amide bonds. The van der Waals surface area contributed by atoms with Crippen LogP contribution in [0.5, 0.6) is 11.5 Å². The summed E-state index contributed by atoms with van der Waals surface area (Å²) < 4.78 is 258. The lowest BCUT2D eigenvalue weighted by atomic mass is 9.77. The van der Waals surface area contributed by atoms with Crippen LogP contribution in [0, 0.1) is 23.3 Å². The second-order valence-corrected chi connectivity index (χ2v) is 20.0. The molecule has 7 rings (SSSR count). The lowest BCUT2D eigenvalue weighted by Gasteiger charge is -2.37.